The molecule has 0 aliphatic rings. The lowest BCUT2D eigenvalue weighted by Crippen LogP contribution is -1.95. The quantitative estimate of drug-likeness (QED) is 0.657. The van der Waals surface area contributed by atoms with Crippen LogP contribution in [0.3, 0.4) is 0 Å². The van der Waals surface area contributed by atoms with E-state index < -0.39 is 5.97 Å². The van der Waals surface area contributed by atoms with Crippen molar-refractivity contribution in [2.75, 3.05) is 0 Å². The van der Waals surface area contributed by atoms with Crippen molar-refractivity contribution in [3.63, 3.8) is 0 Å². The molecule has 2 N–H and O–H groups in total. The summed E-state index contributed by atoms with van der Waals surface area (Å²) in [6, 6.07) is 1.40. The number of H-pyrrole nitrogens is 1. The van der Waals surface area contributed by atoms with Gasteiger partial charge in [-0.1, -0.05) is 0 Å². The number of carboxylic acid groups (broad SMARTS) is 1. The van der Waals surface area contributed by atoms with Gasteiger partial charge >= 0.3 is 5.97 Å². The molecule has 2 rings (SSSR count). The van der Waals surface area contributed by atoms with Gasteiger partial charge in [0.15, 0.2) is 5.65 Å². The second-order valence-corrected chi connectivity index (χ2v) is 2.58. The van der Waals surface area contributed by atoms with E-state index >= 15 is 0 Å². The molecule has 0 aliphatic heterocycles. The zero-order valence-electron chi connectivity index (χ0n) is 6.77. The van der Waals surface area contributed by atoms with Crippen LogP contribution in [-0.2, 0) is 0 Å². The third-order valence-electron chi connectivity index (χ3n) is 1.58. The number of hydrogen-bond donors (Lipinski definition) is 2. The average Bonchev–Trinajstić information content (AvgIpc) is 2.46. The average molecular weight is 178 g/mol. The number of carboxylic acids is 1. The van der Waals surface area contributed by atoms with E-state index in [1.807, 2.05) is 0 Å². The van der Waals surface area contributed by atoms with Gasteiger partial charge < -0.3 is 10.1 Å². The molecule has 13 heavy (non-hydrogen) atoms. The highest BCUT2D eigenvalue weighted by Crippen LogP contribution is 2.09. The largest absolute Gasteiger partial charge is 0.477 e. The minimum absolute atomic E-state index is 0.0717. The molecule has 0 bridgehead atoms. The first kappa shape index (κ1) is 7.66. The molecular formula is C7H6N4O2. The van der Waals surface area contributed by atoms with Gasteiger partial charge in [-0.2, -0.15) is 0 Å². The number of hydrogen-bond acceptors (Lipinski definition) is 4. The third-order valence-corrected chi connectivity index (χ3v) is 1.58. The third kappa shape index (κ3) is 1.22. The van der Waals surface area contributed by atoms with Crippen LogP contribution < -0.4 is 0 Å². The van der Waals surface area contributed by atoms with E-state index in [4.69, 9.17) is 5.11 Å². The van der Waals surface area contributed by atoms with Crippen molar-refractivity contribution in [2.24, 2.45) is 0 Å². The van der Waals surface area contributed by atoms with Crippen LogP contribution in [0.1, 0.15) is 16.3 Å². The van der Waals surface area contributed by atoms with Crippen molar-refractivity contribution in [3.8, 4) is 0 Å². The van der Waals surface area contributed by atoms with Crippen LogP contribution in [0.25, 0.3) is 11.2 Å². The highest BCUT2D eigenvalue weighted by Gasteiger charge is 2.09. The summed E-state index contributed by atoms with van der Waals surface area (Å²) in [5, 5.41) is 16.1. The summed E-state index contributed by atoms with van der Waals surface area (Å²) in [4.78, 5) is 17.2. The van der Waals surface area contributed by atoms with E-state index in [1.165, 1.54) is 6.07 Å². The number of fused-ring (bicyclic) bond motifs is 1. The maximum absolute atomic E-state index is 10.5. The zero-order valence-corrected chi connectivity index (χ0v) is 6.77. The van der Waals surface area contributed by atoms with Gasteiger partial charge in [0.2, 0.25) is 0 Å². The van der Waals surface area contributed by atoms with Gasteiger partial charge in [-0.25, -0.2) is 9.78 Å². The molecular weight excluding hydrogens is 172 g/mol. The first-order valence-electron chi connectivity index (χ1n) is 3.60. The highest BCUT2D eigenvalue weighted by atomic mass is 16.4. The number of nitrogens with zero attached hydrogens (tertiary/aromatic N) is 3. The van der Waals surface area contributed by atoms with E-state index in [9.17, 15) is 4.79 Å². The van der Waals surface area contributed by atoms with Gasteiger partial charge in [-0.05, 0) is 6.92 Å². The number of aromatic nitrogens is 4. The number of aryl methyl sites for hydroxylation is 1. The van der Waals surface area contributed by atoms with Gasteiger partial charge in [0.25, 0.3) is 0 Å². The summed E-state index contributed by atoms with van der Waals surface area (Å²) in [5.41, 5.74) is 0.982. The molecule has 0 amide bonds. The topological polar surface area (TPSA) is 91.8 Å². The van der Waals surface area contributed by atoms with Gasteiger partial charge in [0.1, 0.15) is 17.0 Å². The summed E-state index contributed by atoms with van der Waals surface area (Å²) in [6.07, 6.45) is 0. The van der Waals surface area contributed by atoms with Crippen LogP contribution in [0, 0.1) is 6.92 Å². The molecule has 0 aliphatic carbocycles. The molecule has 0 unspecified atom stereocenters. The predicted octanol–water partition coefficient (Wildman–Crippen LogP) is 0.360. The molecule has 0 aromatic carbocycles. The lowest BCUT2D eigenvalue weighted by molar-refractivity contribution is 0.0691. The molecule has 2 heterocycles. The van der Waals surface area contributed by atoms with Gasteiger partial charge in [-0.15, -0.1) is 10.2 Å². The molecule has 0 fully saturated rings. The van der Waals surface area contributed by atoms with E-state index in [2.05, 4.69) is 20.2 Å². The Labute approximate surface area is 72.6 Å². The molecule has 0 atom stereocenters. The first-order chi connectivity index (χ1) is 6.16. The summed E-state index contributed by atoms with van der Waals surface area (Å²) >= 11 is 0. The Kier molecular flexibility index (Phi) is 1.48. The molecule has 6 nitrogen and oxygen atoms in total. The molecule has 0 saturated heterocycles. The normalized spacial score (nSPS) is 10.5. The molecule has 6 heteroatoms. The van der Waals surface area contributed by atoms with Gasteiger partial charge in [0, 0.05) is 6.07 Å². The fourth-order valence-electron chi connectivity index (χ4n) is 1.02. The Bertz CT molecular complexity index is 476. The maximum Gasteiger partial charge on any atom is 0.352 e. The summed E-state index contributed by atoms with van der Waals surface area (Å²) in [5.74, 6) is -0.524. The summed E-state index contributed by atoms with van der Waals surface area (Å²) in [6.45, 7) is 1.69. The Morgan fingerprint density at radius 2 is 2.31 bits per heavy atom. The smallest absolute Gasteiger partial charge is 0.352 e. The molecule has 0 spiro atoms. The zero-order chi connectivity index (χ0) is 9.42. The van der Waals surface area contributed by atoms with E-state index in [0.717, 1.165) is 0 Å². The lowest BCUT2D eigenvalue weighted by Gasteiger charge is -1.87. The second kappa shape index (κ2) is 2.51. The molecule has 66 valence electrons. The maximum atomic E-state index is 10.5. The minimum atomic E-state index is -1.03. The molecule has 0 radical (unpaired) electrons. The van der Waals surface area contributed by atoms with Crippen LogP contribution in [0.2, 0.25) is 0 Å². The Balaban J connectivity index is 2.68. The Hall–Kier alpha value is -1.98. The van der Waals surface area contributed by atoms with Crippen LogP contribution in [0.15, 0.2) is 6.07 Å². The lowest BCUT2D eigenvalue weighted by atomic mass is 10.4. The minimum Gasteiger partial charge on any atom is -0.477 e. The summed E-state index contributed by atoms with van der Waals surface area (Å²) < 4.78 is 0. The molecule has 0 saturated carbocycles. The van der Waals surface area contributed by atoms with Gasteiger partial charge in [-0.3, -0.25) is 0 Å². The molecule has 2 aromatic rings. The standard InChI is InChI=1S/C7H6N4O2/c1-3-8-6-4(11-10-3)2-5(9-6)7(12)13/h2H,1H3,(H,12,13)(H,8,9,10). The summed E-state index contributed by atoms with van der Waals surface area (Å²) in [7, 11) is 0. The molecule has 2 aromatic heterocycles. The fraction of sp³-hybridized carbons (Fsp3) is 0.143. The van der Waals surface area contributed by atoms with E-state index in [0.29, 0.717) is 17.0 Å². The van der Waals surface area contributed by atoms with Crippen molar-refractivity contribution < 1.29 is 9.90 Å². The number of carbonyl (C=O) groups is 1. The van der Waals surface area contributed by atoms with Crippen molar-refractivity contribution in [3.05, 3.63) is 17.6 Å². The SMILES string of the molecule is Cc1nnc2cc(C(=O)O)[nH]c2n1. The van der Waals surface area contributed by atoms with Crippen molar-refractivity contribution in [1.82, 2.24) is 20.2 Å². The Morgan fingerprint density at radius 3 is 3.00 bits per heavy atom. The van der Waals surface area contributed by atoms with Crippen LogP contribution >= 0.6 is 0 Å². The monoisotopic (exact) mass is 178 g/mol. The van der Waals surface area contributed by atoms with Crippen LogP contribution in [0.5, 0.6) is 0 Å². The van der Waals surface area contributed by atoms with Crippen LogP contribution in [0.4, 0.5) is 0 Å². The number of aromatic amines is 1. The van der Waals surface area contributed by atoms with E-state index in [-0.39, 0.29) is 5.69 Å². The van der Waals surface area contributed by atoms with Gasteiger partial charge in [0.05, 0.1) is 0 Å². The number of aromatic carboxylic acids is 1. The van der Waals surface area contributed by atoms with E-state index in [1.54, 1.807) is 6.92 Å². The van der Waals surface area contributed by atoms with Crippen molar-refractivity contribution >= 4 is 17.1 Å². The van der Waals surface area contributed by atoms with Crippen LogP contribution in [-0.4, -0.2) is 31.2 Å². The van der Waals surface area contributed by atoms with Crippen molar-refractivity contribution in [2.45, 2.75) is 6.92 Å². The fourth-order valence-corrected chi connectivity index (χ4v) is 1.02. The Morgan fingerprint density at radius 1 is 1.54 bits per heavy atom. The predicted molar refractivity (Wildman–Crippen MR) is 43.4 cm³/mol. The first-order valence-corrected chi connectivity index (χ1v) is 3.60. The number of nitrogens with one attached hydrogen (secondary N) is 1. The highest BCUT2D eigenvalue weighted by molar-refractivity contribution is 5.91. The van der Waals surface area contributed by atoms with Crippen molar-refractivity contribution in [1.29, 1.82) is 0 Å². The second-order valence-electron chi connectivity index (χ2n) is 2.58. The number of rotatable bonds is 1.